The van der Waals surface area contributed by atoms with Crippen molar-refractivity contribution in [2.75, 3.05) is 0 Å². The molecule has 39 heavy (non-hydrogen) atoms. The summed E-state index contributed by atoms with van der Waals surface area (Å²) in [7, 11) is 0. The summed E-state index contributed by atoms with van der Waals surface area (Å²) in [5.74, 6) is 6.04. The number of carbonyl (C=O) groups is 2. The Kier molecular flexibility index (Phi) is 10.9. The van der Waals surface area contributed by atoms with Crippen molar-refractivity contribution >= 4 is 11.8 Å². The molecular formula is C36H60O3. The van der Waals surface area contributed by atoms with Gasteiger partial charge in [-0.3, -0.25) is 9.59 Å². The molecule has 0 heterocycles. The number of esters is 1. The van der Waals surface area contributed by atoms with Crippen LogP contribution >= 0.6 is 0 Å². The molecule has 0 spiro atoms. The van der Waals surface area contributed by atoms with Crippen molar-refractivity contribution in [2.24, 2.45) is 53.3 Å². The number of ketones is 1. The highest BCUT2D eigenvalue weighted by Crippen LogP contribution is 2.43. The normalized spacial score (nSPS) is 39.5. The lowest BCUT2D eigenvalue weighted by molar-refractivity contribution is -0.160. The molecule has 1 unspecified atom stereocenters. The van der Waals surface area contributed by atoms with Crippen LogP contribution < -0.4 is 0 Å². The highest BCUT2D eigenvalue weighted by atomic mass is 16.5. The van der Waals surface area contributed by atoms with Crippen LogP contribution in [0.4, 0.5) is 0 Å². The topological polar surface area (TPSA) is 43.4 Å². The monoisotopic (exact) mass is 540 g/mol. The Morgan fingerprint density at radius 2 is 1.00 bits per heavy atom. The van der Waals surface area contributed by atoms with Gasteiger partial charge in [0.2, 0.25) is 0 Å². The maximum atomic E-state index is 13.7. The van der Waals surface area contributed by atoms with E-state index in [4.69, 9.17) is 4.74 Å². The van der Waals surface area contributed by atoms with E-state index in [0.717, 1.165) is 74.0 Å². The fourth-order valence-corrected chi connectivity index (χ4v) is 9.72. The molecular weight excluding hydrogens is 480 g/mol. The molecule has 1 atom stereocenters. The third kappa shape index (κ3) is 8.12. The van der Waals surface area contributed by atoms with Gasteiger partial charge in [0.25, 0.3) is 0 Å². The van der Waals surface area contributed by atoms with E-state index in [2.05, 4.69) is 13.8 Å². The second kappa shape index (κ2) is 14.4. The van der Waals surface area contributed by atoms with Crippen LogP contribution in [0.2, 0.25) is 0 Å². The number of rotatable bonds is 8. The predicted molar refractivity (Wildman–Crippen MR) is 159 cm³/mol. The molecule has 0 aromatic rings. The van der Waals surface area contributed by atoms with E-state index in [0.29, 0.717) is 18.1 Å². The van der Waals surface area contributed by atoms with Crippen LogP contribution in [0.1, 0.15) is 155 Å². The molecule has 0 aromatic carbocycles. The summed E-state index contributed by atoms with van der Waals surface area (Å²) in [6.45, 7) is 4.81. The van der Waals surface area contributed by atoms with Crippen LogP contribution in [-0.2, 0) is 14.3 Å². The van der Waals surface area contributed by atoms with E-state index < -0.39 is 0 Å². The maximum absolute atomic E-state index is 13.7. The van der Waals surface area contributed by atoms with Gasteiger partial charge in [0.05, 0.1) is 5.92 Å². The van der Waals surface area contributed by atoms with E-state index in [-0.39, 0.29) is 23.9 Å². The van der Waals surface area contributed by atoms with Crippen LogP contribution in [0.25, 0.3) is 0 Å². The smallest absolute Gasteiger partial charge is 0.309 e. The lowest BCUT2D eigenvalue weighted by atomic mass is 9.68. The van der Waals surface area contributed by atoms with Crippen LogP contribution in [-0.4, -0.2) is 17.9 Å². The SMILES string of the molecule is CC1CCC(C2CCC(OC(=O)C(CC(=O)C3CCC(C4CCC(C)CC4)CC3)C3CCCCC3)CC2)CC1. The molecule has 0 saturated heterocycles. The van der Waals surface area contributed by atoms with Gasteiger partial charge in [-0.25, -0.2) is 0 Å². The summed E-state index contributed by atoms with van der Waals surface area (Å²) >= 11 is 0. The number of carbonyl (C=O) groups excluding carboxylic acids is 2. The van der Waals surface area contributed by atoms with Gasteiger partial charge in [0.15, 0.2) is 0 Å². The molecule has 222 valence electrons. The van der Waals surface area contributed by atoms with E-state index in [9.17, 15) is 9.59 Å². The molecule has 5 fully saturated rings. The minimum absolute atomic E-state index is 0.0183. The minimum atomic E-state index is -0.187. The molecule has 0 aromatic heterocycles. The van der Waals surface area contributed by atoms with Crippen molar-refractivity contribution in [3.8, 4) is 0 Å². The molecule has 3 nitrogen and oxygen atoms in total. The van der Waals surface area contributed by atoms with E-state index in [1.54, 1.807) is 0 Å². The van der Waals surface area contributed by atoms with Gasteiger partial charge in [-0.15, -0.1) is 0 Å². The van der Waals surface area contributed by atoms with Gasteiger partial charge >= 0.3 is 5.97 Å². The number of hydrogen-bond donors (Lipinski definition) is 0. The molecule has 0 bridgehead atoms. The van der Waals surface area contributed by atoms with Crippen LogP contribution in [0.5, 0.6) is 0 Å². The quantitative estimate of drug-likeness (QED) is 0.288. The first-order valence-electron chi connectivity index (χ1n) is 17.7. The minimum Gasteiger partial charge on any atom is -0.462 e. The average Bonchev–Trinajstić information content (AvgIpc) is 2.97. The number of ether oxygens (including phenoxy) is 1. The van der Waals surface area contributed by atoms with Gasteiger partial charge in [-0.2, -0.15) is 0 Å². The van der Waals surface area contributed by atoms with Crippen molar-refractivity contribution < 1.29 is 14.3 Å². The third-order valence-corrected chi connectivity index (χ3v) is 12.6. The Labute approximate surface area is 240 Å². The fraction of sp³-hybridized carbons (Fsp3) is 0.944. The third-order valence-electron chi connectivity index (χ3n) is 12.6. The second-order valence-corrected chi connectivity index (χ2v) is 15.3. The summed E-state index contributed by atoms with van der Waals surface area (Å²) in [4.78, 5) is 27.3. The first-order chi connectivity index (χ1) is 19.0. The van der Waals surface area contributed by atoms with Crippen molar-refractivity contribution in [3.63, 3.8) is 0 Å². The summed E-state index contributed by atoms with van der Waals surface area (Å²) in [5.41, 5.74) is 0. The Morgan fingerprint density at radius 1 is 0.564 bits per heavy atom. The second-order valence-electron chi connectivity index (χ2n) is 15.3. The largest absolute Gasteiger partial charge is 0.462 e. The standard InChI is InChI=1S/C36H60O3/c1-25-8-12-27(13-9-25)29-16-18-32(19-17-29)35(37)24-34(31-6-4-3-5-7-31)36(38)39-33-22-20-30(21-23-33)28-14-10-26(2)11-15-28/h25-34H,3-24H2,1-2H3. The van der Waals surface area contributed by atoms with Crippen LogP contribution in [0.15, 0.2) is 0 Å². The Hall–Kier alpha value is -0.860. The average molecular weight is 541 g/mol. The number of hydrogen-bond acceptors (Lipinski definition) is 3. The van der Waals surface area contributed by atoms with E-state index in [1.165, 1.54) is 96.3 Å². The van der Waals surface area contributed by atoms with Crippen molar-refractivity contribution in [3.05, 3.63) is 0 Å². The molecule has 5 rings (SSSR count). The molecule has 0 aliphatic heterocycles. The Bertz CT molecular complexity index is 752. The molecule has 0 amide bonds. The van der Waals surface area contributed by atoms with Gasteiger partial charge in [-0.1, -0.05) is 58.8 Å². The number of Topliss-reactive ketones (excluding diaryl/α,β-unsaturated/α-hetero) is 1. The van der Waals surface area contributed by atoms with Gasteiger partial charge in [0, 0.05) is 12.3 Å². The summed E-state index contributed by atoms with van der Waals surface area (Å²) in [5, 5.41) is 0. The van der Waals surface area contributed by atoms with Crippen molar-refractivity contribution in [1.29, 1.82) is 0 Å². The molecule has 0 N–H and O–H groups in total. The van der Waals surface area contributed by atoms with Crippen LogP contribution in [0, 0.1) is 53.3 Å². The zero-order chi connectivity index (χ0) is 27.2. The molecule has 3 heteroatoms. The fourth-order valence-electron chi connectivity index (χ4n) is 9.72. The Balaban J connectivity index is 1.10. The summed E-state index contributed by atoms with van der Waals surface area (Å²) in [6.07, 6.45) is 26.8. The lowest BCUT2D eigenvalue weighted by Crippen LogP contribution is -2.36. The van der Waals surface area contributed by atoms with Gasteiger partial charge in [0.1, 0.15) is 11.9 Å². The van der Waals surface area contributed by atoms with E-state index >= 15 is 0 Å². The first-order valence-corrected chi connectivity index (χ1v) is 17.7. The van der Waals surface area contributed by atoms with E-state index in [1.807, 2.05) is 0 Å². The predicted octanol–water partition coefficient (Wildman–Crippen LogP) is 9.70. The molecule has 5 saturated carbocycles. The van der Waals surface area contributed by atoms with Crippen molar-refractivity contribution in [1.82, 2.24) is 0 Å². The Morgan fingerprint density at radius 3 is 1.49 bits per heavy atom. The highest BCUT2D eigenvalue weighted by molar-refractivity contribution is 5.86. The lowest BCUT2D eigenvalue weighted by Gasteiger charge is -2.38. The maximum Gasteiger partial charge on any atom is 0.309 e. The van der Waals surface area contributed by atoms with Crippen LogP contribution in [0.3, 0.4) is 0 Å². The molecule has 5 aliphatic carbocycles. The van der Waals surface area contributed by atoms with Gasteiger partial charge < -0.3 is 4.74 Å². The summed E-state index contributed by atoms with van der Waals surface area (Å²) < 4.78 is 6.26. The zero-order valence-corrected chi connectivity index (χ0v) is 25.6. The van der Waals surface area contributed by atoms with Crippen molar-refractivity contribution in [2.45, 2.75) is 161 Å². The zero-order valence-electron chi connectivity index (χ0n) is 25.6. The summed E-state index contributed by atoms with van der Waals surface area (Å²) in [6, 6.07) is 0. The first kappa shape index (κ1) is 29.6. The molecule has 5 aliphatic rings. The van der Waals surface area contributed by atoms with Gasteiger partial charge in [-0.05, 0) is 131 Å². The molecule has 0 radical (unpaired) electrons. The highest BCUT2D eigenvalue weighted by Gasteiger charge is 2.38.